The first kappa shape index (κ1) is 7.77. The van der Waals surface area contributed by atoms with Crippen LogP contribution in [0.5, 0.6) is 0 Å². The van der Waals surface area contributed by atoms with Gasteiger partial charge in [-0.3, -0.25) is 4.98 Å². The summed E-state index contributed by atoms with van der Waals surface area (Å²) < 4.78 is 5.03. The number of rotatable bonds is 1. The molecule has 0 amide bonds. The molecule has 2 rings (SSSR count). The van der Waals surface area contributed by atoms with Crippen LogP contribution in [0.15, 0.2) is 18.3 Å². The molecule has 2 radical (unpaired) electrons. The lowest BCUT2D eigenvalue weighted by Crippen LogP contribution is -2.54. The maximum absolute atomic E-state index is 5.95. The summed E-state index contributed by atoms with van der Waals surface area (Å²) >= 11 is 0. The number of hydrogen-bond acceptors (Lipinski definition) is 3. The van der Waals surface area contributed by atoms with Crippen LogP contribution in [0.25, 0.3) is 0 Å². The zero-order valence-electron chi connectivity index (χ0n) is 6.66. The van der Waals surface area contributed by atoms with Crippen LogP contribution in [-0.2, 0) is 10.3 Å². The van der Waals surface area contributed by atoms with Crippen LogP contribution >= 0.6 is 0 Å². The average Bonchev–Trinajstić information content (AvgIpc) is 2.02. The first-order valence-electron chi connectivity index (χ1n) is 3.79. The van der Waals surface area contributed by atoms with Gasteiger partial charge >= 0.3 is 0 Å². The Morgan fingerprint density at radius 2 is 2.25 bits per heavy atom. The molecular formula is C8H9BN2O. The predicted molar refractivity (Wildman–Crippen MR) is 46.3 cm³/mol. The molecule has 0 atom stereocenters. The summed E-state index contributed by atoms with van der Waals surface area (Å²) in [5.41, 5.74) is 7.07. The lowest BCUT2D eigenvalue weighted by molar-refractivity contribution is -0.0590. The van der Waals surface area contributed by atoms with Crippen LogP contribution in [0.2, 0.25) is 0 Å². The van der Waals surface area contributed by atoms with E-state index in [2.05, 4.69) is 4.98 Å². The zero-order valence-corrected chi connectivity index (χ0v) is 6.66. The van der Waals surface area contributed by atoms with Gasteiger partial charge in [-0.25, -0.2) is 0 Å². The van der Waals surface area contributed by atoms with Crippen molar-refractivity contribution < 1.29 is 4.74 Å². The Balaban J connectivity index is 2.28. The van der Waals surface area contributed by atoms with Crippen molar-refractivity contribution in [3.8, 4) is 0 Å². The number of hydrogen-bond donors (Lipinski definition) is 1. The molecule has 0 aromatic carbocycles. The fourth-order valence-electron chi connectivity index (χ4n) is 1.17. The van der Waals surface area contributed by atoms with E-state index in [-0.39, 0.29) is 5.54 Å². The van der Waals surface area contributed by atoms with Gasteiger partial charge in [-0.15, -0.1) is 0 Å². The second-order valence-electron chi connectivity index (χ2n) is 3.13. The van der Waals surface area contributed by atoms with Crippen LogP contribution in [0.4, 0.5) is 0 Å². The Labute approximate surface area is 72.3 Å². The molecule has 1 fully saturated rings. The fraction of sp³-hybridized carbons (Fsp3) is 0.375. The van der Waals surface area contributed by atoms with Crippen molar-refractivity contribution in [2.75, 3.05) is 13.2 Å². The van der Waals surface area contributed by atoms with E-state index in [0.717, 1.165) is 5.69 Å². The quantitative estimate of drug-likeness (QED) is 0.539. The molecule has 0 bridgehead atoms. The summed E-state index contributed by atoms with van der Waals surface area (Å²) in [6.45, 7) is 1.09. The summed E-state index contributed by atoms with van der Waals surface area (Å²) in [6.07, 6.45) is 1.61. The summed E-state index contributed by atoms with van der Waals surface area (Å²) in [4.78, 5) is 4.14. The third kappa shape index (κ3) is 1.13. The van der Waals surface area contributed by atoms with Crippen molar-refractivity contribution in [3.05, 3.63) is 24.0 Å². The number of nitrogens with two attached hydrogens (primary N) is 1. The summed E-state index contributed by atoms with van der Waals surface area (Å²) in [5, 5.41) is 0. The molecule has 0 aliphatic carbocycles. The molecule has 60 valence electrons. The fourth-order valence-corrected chi connectivity index (χ4v) is 1.17. The van der Waals surface area contributed by atoms with Gasteiger partial charge in [-0.2, -0.15) is 0 Å². The highest BCUT2D eigenvalue weighted by atomic mass is 16.5. The third-order valence-electron chi connectivity index (χ3n) is 2.02. The van der Waals surface area contributed by atoms with E-state index in [9.17, 15) is 0 Å². The van der Waals surface area contributed by atoms with E-state index in [1.54, 1.807) is 12.3 Å². The molecule has 2 N–H and O–H groups in total. The molecule has 1 saturated heterocycles. The van der Waals surface area contributed by atoms with Gasteiger partial charge in [0.2, 0.25) is 0 Å². The van der Waals surface area contributed by atoms with Crippen molar-refractivity contribution in [2.24, 2.45) is 5.73 Å². The zero-order chi connectivity index (χ0) is 8.60. The Morgan fingerprint density at radius 3 is 2.67 bits per heavy atom. The third-order valence-corrected chi connectivity index (χ3v) is 2.02. The maximum atomic E-state index is 5.95. The van der Waals surface area contributed by atoms with E-state index >= 15 is 0 Å². The van der Waals surface area contributed by atoms with E-state index in [4.69, 9.17) is 18.3 Å². The number of nitrogens with zero attached hydrogens (tertiary/aromatic N) is 1. The first-order valence-corrected chi connectivity index (χ1v) is 3.79. The standard InChI is InChI=1S/C8H9BN2O/c9-6-1-2-7(11-3-6)8(10)4-12-5-8/h1-3H,4-5,10H2. The van der Waals surface area contributed by atoms with Gasteiger partial charge in [0, 0.05) is 6.20 Å². The molecular weight excluding hydrogens is 151 g/mol. The Kier molecular flexibility index (Phi) is 1.66. The van der Waals surface area contributed by atoms with Crippen LogP contribution in [0.1, 0.15) is 5.69 Å². The van der Waals surface area contributed by atoms with Crippen LogP contribution < -0.4 is 11.2 Å². The second-order valence-corrected chi connectivity index (χ2v) is 3.13. The molecule has 1 aliphatic heterocycles. The van der Waals surface area contributed by atoms with Gasteiger partial charge in [-0.05, 0) is 6.07 Å². The highest BCUT2D eigenvalue weighted by Crippen LogP contribution is 2.23. The van der Waals surface area contributed by atoms with Crippen LogP contribution in [0.3, 0.4) is 0 Å². The van der Waals surface area contributed by atoms with Crippen LogP contribution in [0, 0.1) is 0 Å². The molecule has 0 unspecified atom stereocenters. The van der Waals surface area contributed by atoms with Gasteiger partial charge in [0.15, 0.2) is 0 Å². The van der Waals surface area contributed by atoms with E-state index in [0.29, 0.717) is 18.7 Å². The SMILES string of the molecule is [B]c1ccc(C2(N)COC2)nc1. The highest BCUT2D eigenvalue weighted by Gasteiger charge is 2.37. The first-order chi connectivity index (χ1) is 5.71. The lowest BCUT2D eigenvalue weighted by Gasteiger charge is -2.37. The lowest BCUT2D eigenvalue weighted by atomic mass is 9.91. The van der Waals surface area contributed by atoms with Gasteiger partial charge < -0.3 is 10.5 Å². The molecule has 3 nitrogen and oxygen atoms in total. The van der Waals surface area contributed by atoms with Gasteiger partial charge in [-0.1, -0.05) is 11.5 Å². The second kappa shape index (κ2) is 2.57. The van der Waals surface area contributed by atoms with E-state index in [1.807, 2.05) is 6.07 Å². The molecule has 2 heterocycles. The number of pyridine rings is 1. The minimum absolute atomic E-state index is 0.381. The minimum Gasteiger partial charge on any atom is -0.377 e. The van der Waals surface area contributed by atoms with Crippen molar-refractivity contribution in [1.29, 1.82) is 0 Å². The Morgan fingerprint density at radius 1 is 1.50 bits per heavy atom. The van der Waals surface area contributed by atoms with Gasteiger partial charge in [0.25, 0.3) is 0 Å². The van der Waals surface area contributed by atoms with Crippen LogP contribution in [-0.4, -0.2) is 26.0 Å². The van der Waals surface area contributed by atoms with Crippen molar-refractivity contribution in [3.63, 3.8) is 0 Å². The summed E-state index contributed by atoms with van der Waals surface area (Å²) in [7, 11) is 5.49. The molecule has 1 aromatic heterocycles. The molecule has 12 heavy (non-hydrogen) atoms. The predicted octanol–water partition coefficient (Wildman–Crippen LogP) is -0.940. The van der Waals surface area contributed by atoms with Gasteiger partial charge in [0.05, 0.1) is 18.9 Å². The molecule has 0 saturated carbocycles. The summed E-state index contributed by atoms with van der Waals surface area (Å²) in [5.74, 6) is 0. The molecule has 0 spiro atoms. The topological polar surface area (TPSA) is 48.1 Å². The van der Waals surface area contributed by atoms with Crippen molar-refractivity contribution >= 4 is 13.3 Å². The highest BCUT2D eigenvalue weighted by molar-refractivity contribution is 6.32. The Bertz CT molecular complexity index is 282. The monoisotopic (exact) mass is 160 g/mol. The molecule has 1 aromatic rings. The smallest absolute Gasteiger partial charge is 0.115 e. The largest absolute Gasteiger partial charge is 0.377 e. The number of aromatic nitrogens is 1. The van der Waals surface area contributed by atoms with E-state index in [1.165, 1.54) is 0 Å². The Hall–Kier alpha value is -0.865. The number of ether oxygens (including phenoxy) is 1. The molecule has 4 heteroatoms. The minimum atomic E-state index is -0.381. The van der Waals surface area contributed by atoms with E-state index < -0.39 is 0 Å². The maximum Gasteiger partial charge on any atom is 0.115 e. The average molecular weight is 160 g/mol. The van der Waals surface area contributed by atoms with Crippen molar-refractivity contribution in [2.45, 2.75) is 5.54 Å². The normalized spacial score (nSPS) is 20.1. The van der Waals surface area contributed by atoms with Gasteiger partial charge in [0.1, 0.15) is 13.4 Å². The summed E-state index contributed by atoms with van der Waals surface area (Å²) in [6, 6.07) is 3.65. The molecule has 1 aliphatic rings. The van der Waals surface area contributed by atoms with Crippen molar-refractivity contribution in [1.82, 2.24) is 4.98 Å².